The average molecular weight is 244 g/mol. The highest BCUT2D eigenvalue weighted by Gasteiger charge is 2.29. The second-order valence-corrected chi connectivity index (χ2v) is 3.86. The van der Waals surface area contributed by atoms with Gasteiger partial charge >= 0.3 is 12.1 Å². The monoisotopic (exact) mass is 244 g/mol. The number of nitrogens with one attached hydrogen (secondary N) is 1. The van der Waals surface area contributed by atoms with Gasteiger partial charge in [-0.3, -0.25) is 19.8 Å². The molecule has 2 amide bonds. The van der Waals surface area contributed by atoms with Crippen molar-refractivity contribution in [1.29, 1.82) is 0 Å². The van der Waals surface area contributed by atoms with Gasteiger partial charge in [0.25, 0.3) is 0 Å². The van der Waals surface area contributed by atoms with Crippen LogP contribution in [0.4, 0.5) is 4.79 Å². The third kappa shape index (κ3) is 4.03. The molecule has 1 fully saturated rings. The van der Waals surface area contributed by atoms with Crippen LogP contribution in [0.1, 0.15) is 19.3 Å². The van der Waals surface area contributed by atoms with E-state index >= 15 is 0 Å². The van der Waals surface area contributed by atoms with E-state index in [0.29, 0.717) is 13.0 Å². The predicted molar refractivity (Wildman–Crippen MR) is 57.4 cm³/mol. The third-order valence-electron chi connectivity index (χ3n) is 2.67. The molecule has 0 radical (unpaired) electrons. The maximum absolute atomic E-state index is 11.4. The van der Waals surface area contributed by atoms with Gasteiger partial charge in [0.15, 0.2) is 0 Å². The number of carboxylic acids is 1. The zero-order valence-electron chi connectivity index (χ0n) is 9.64. The molecule has 0 saturated carbocycles. The minimum atomic E-state index is -0.935. The molecule has 1 rings (SSSR count). The third-order valence-corrected chi connectivity index (χ3v) is 2.67. The van der Waals surface area contributed by atoms with Crippen molar-refractivity contribution >= 4 is 18.0 Å². The summed E-state index contributed by atoms with van der Waals surface area (Å²) in [5, 5.41) is 11.0. The van der Waals surface area contributed by atoms with Gasteiger partial charge in [-0.2, -0.15) is 0 Å². The molecule has 2 N–H and O–H groups in total. The minimum Gasteiger partial charge on any atom is -0.480 e. The molecule has 0 aromatic rings. The van der Waals surface area contributed by atoms with Gasteiger partial charge in [-0.05, 0) is 19.4 Å². The average Bonchev–Trinajstić information content (AvgIpc) is 2.29. The second-order valence-electron chi connectivity index (χ2n) is 3.86. The van der Waals surface area contributed by atoms with Gasteiger partial charge in [0, 0.05) is 0 Å². The van der Waals surface area contributed by atoms with Crippen LogP contribution in [0.15, 0.2) is 0 Å². The molecule has 1 heterocycles. The van der Waals surface area contributed by atoms with Crippen molar-refractivity contribution in [2.45, 2.75) is 25.3 Å². The Bertz CT molecular complexity index is 318. The molecule has 0 bridgehead atoms. The molecule has 1 aliphatic rings. The van der Waals surface area contributed by atoms with Crippen molar-refractivity contribution in [2.75, 3.05) is 20.2 Å². The Labute approximate surface area is 98.7 Å². The number of amides is 2. The highest BCUT2D eigenvalue weighted by Crippen LogP contribution is 2.16. The van der Waals surface area contributed by atoms with E-state index in [4.69, 9.17) is 5.11 Å². The number of carbonyl (C=O) groups excluding carboxylic acids is 2. The maximum Gasteiger partial charge on any atom is 0.413 e. The van der Waals surface area contributed by atoms with Gasteiger partial charge in [0.05, 0.1) is 13.7 Å². The van der Waals surface area contributed by atoms with Gasteiger partial charge < -0.3 is 9.84 Å². The first-order chi connectivity index (χ1) is 8.04. The number of ether oxygens (including phenoxy) is 1. The molecule has 7 heteroatoms. The van der Waals surface area contributed by atoms with E-state index in [-0.39, 0.29) is 6.54 Å². The Morgan fingerprint density at radius 3 is 2.71 bits per heavy atom. The van der Waals surface area contributed by atoms with Gasteiger partial charge in [-0.25, -0.2) is 4.79 Å². The van der Waals surface area contributed by atoms with Crippen LogP contribution in [0, 0.1) is 0 Å². The number of nitrogens with zero attached hydrogens (tertiary/aromatic N) is 1. The molecule has 1 saturated heterocycles. The molecule has 1 unspecified atom stereocenters. The molecule has 0 aliphatic carbocycles. The Morgan fingerprint density at radius 2 is 2.12 bits per heavy atom. The fourth-order valence-electron chi connectivity index (χ4n) is 1.85. The number of hydrogen-bond acceptors (Lipinski definition) is 5. The van der Waals surface area contributed by atoms with E-state index in [0.717, 1.165) is 20.0 Å². The van der Waals surface area contributed by atoms with E-state index in [1.807, 2.05) is 5.32 Å². The standard InChI is InChI=1S/C10H16N2O5/c1-17-10(16)11-8(13)6-12-5-3-2-4-7(12)9(14)15/h7H,2-6H2,1H3,(H,14,15)(H,11,13,16). The van der Waals surface area contributed by atoms with Crippen molar-refractivity contribution < 1.29 is 24.2 Å². The molecule has 17 heavy (non-hydrogen) atoms. The highest BCUT2D eigenvalue weighted by molar-refractivity contribution is 5.93. The van der Waals surface area contributed by atoms with Crippen LogP contribution in [0.25, 0.3) is 0 Å². The van der Waals surface area contributed by atoms with Crippen molar-refractivity contribution in [3.8, 4) is 0 Å². The lowest BCUT2D eigenvalue weighted by atomic mass is 10.0. The summed E-state index contributed by atoms with van der Waals surface area (Å²) < 4.78 is 4.28. The zero-order valence-corrected chi connectivity index (χ0v) is 9.64. The maximum atomic E-state index is 11.4. The quantitative estimate of drug-likeness (QED) is 0.714. The molecule has 1 atom stereocenters. The number of likely N-dealkylation sites (tertiary alicyclic amines) is 1. The van der Waals surface area contributed by atoms with Gasteiger partial charge in [0.2, 0.25) is 5.91 Å². The first kappa shape index (κ1) is 13.4. The van der Waals surface area contributed by atoms with E-state index in [2.05, 4.69) is 4.74 Å². The summed E-state index contributed by atoms with van der Waals surface area (Å²) in [5.41, 5.74) is 0. The number of alkyl carbamates (subject to hydrolysis) is 1. The summed E-state index contributed by atoms with van der Waals surface area (Å²) in [6.45, 7) is 0.442. The summed E-state index contributed by atoms with van der Waals surface area (Å²) in [6, 6.07) is -0.646. The number of carbonyl (C=O) groups is 3. The van der Waals surface area contributed by atoms with Crippen molar-refractivity contribution in [3.05, 3.63) is 0 Å². The number of hydrogen-bond donors (Lipinski definition) is 2. The first-order valence-electron chi connectivity index (χ1n) is 5.39. The predicted octanol–water partition coefficient (Wildman–Crippen LogP) is -0.192. The zero-order chi connectivity index (χ0) is 12.8. The summed E-state index contributed by atoms with van der Waals surface area (Å²) in [7, 11) is 1.16. The van der Waals surface area contributed by atoms with E-state index in [1.54, 1.807) is 4.90 Å². The van der Waals surface area contributed by atoms with Crippen LogP contribution < -0.4 is 5.32 Å². The lowest BCUT2D eigenvalue weighted by Crippen LogP contribution is -2.49. The van der Waals surface area contributed by atoms with Gasteiger partial charge in [0.1, 0.15) is 6.04 Å². The van der Waals surface area contributed by atoms with Gasteiger partial charge in [-0.1, -0.05) is 6.42 Å². The largest absolute Gasteiger partial charge is 0.480 e. The van der Waals surface area contributed by atoms with Gasteiger partial charge in [-0.15, -0.1) is 0 Å². The fourth-order valence-corrected chi connectivity index (χ4v) is 1.85. The summed E-state index contributed by atoms with van der Waals surface area (Å²) in [4.78, 5) is 34.7. The van der Waals surface area contributed by atoms with Crippen LogP contribution in [0.2, 0.25) is 0 Å². The molecular formula is C10H16N2O5. The molecule has 7 nitrogen and oxygen atoms in total. The number of methoxy groups -OCH3 is 1. The van der Waals surface area contributed by atoms with E-state index in [1.165, 1.54) is 0 Å². The lowest BCUT2D eigenvalue weighted by molar-refractivity contribution is -0.145. The van der Waals surface area contributed by atoms with E-state index in [9.17, 15) is 14.4 Å². The number of rotatable bonds is 3. The number of carboxylic acid groups (broad SMARTS) is 1. The Hall–Kier alpha value is -1.63. The van der Waals surface area contributed by atoms with Crippen molar-refractivity contribution in [1.82, 2.24) is 10.2 Å². The van der Waals surface area contributed by atoms with Crippen LogP contribution in [-0.4, -0.2) is 54.2 Å². The highest BCUT2D eigenvalue weighted by atomic mass is 16.5. The van der Waals surface area contributed by atoms with Crippen molar-refractivity contribution in [2.24, 2.45) is 0 Å². The van der Waals surface area contributed by atoms with Crippen LogP contribution in [0.3, 0.4) is 0 Å². The lowest BCUT2D eigenvalue weighted by Gasteiger charge is -2.31. The molecule has 96 valence electrons. The molecule has 0 aromatic heterocycles. The Morgan fingerprint density at radius 1 is 1.41 bits per heavy atom. The summed E-state index contributed by atoms with van der Waals surface area (Å²) >= 11 is 0. The van der Waals surface area contributed by atoms with Crippen molar-refractivity contribution in [3.63, 3.8) is 0 Å². The SMILES string of the molecule is COC(=O)NC(=O)CN1CCCCC1C(=O)O. The first-order valence-corrected chi connectivity index (χ1v) is 5.39. The van der Waals surface area contributed by atoms with Crippen LogP contribution in [0.5, 0.6) is 0 Å². The Balaban J connectivity index is 2.50. The second kappa shape index (κ2) is 6.19. The Kier molecular flexibility index (Phi) is 4.89. The summed E-state index contributed by atoms with van der Waals surface area (Å²) in [5.74, 6) is -1.49. The minimum absolute atomic E-state index is 0.105. The normalized spacial score (nSPS) is 20.6. The molecule has 0 aromatic carbocycles. The topological polar surface area (TPSA) is 95.9 Å². The summed E-state index contributed by atoms with van der Waals surface area (Å²) in [6.07, 6.45) is 1.39. The van der Waals surface area contributed by atoms with E-state index < -0.39 is 24.0 Å². The smallest absolute Gasteiger partial charge is 0.413 e. The van der Waals surface area contributed by atoms with Crippen LogP contribution >= 0.6 is 0 Å². The number of aliphatic carboxylic acids is 1. The molecular weight excluding hydrogens is 228 g/mol. The van der Waals surface area contributed by atoms with Crippen LogP contribution in [-0.2, 0) is 14.3 Å². The fraction of sp³-hybridized carbons (Fsp3) is 0.700. The molecule has 1 aliphatic heterocycles. The number of imide groups is 1. The molecule has 0 spiro atoms. The number of piperidine rings is 1.